The molecule has 30 heavy (non-hydrogen) atoms. The second-order valence-corrected chi connectivity index (χ2v) is 9.75. The summed E-state index contributed by atoms with van der Waals surface area (Å²) in [7, 11) is -3.53. The Hall–Kier alpha value is -1.76. The van der Waals surface area contributed by atoms with Crippen LogP contribution < -0.4 is 9.04 Å². The maximum atomic E-state index is 13.1. The summed E-state index contributed by atoms with van der Waals surface area (Å²) in [5.41, 5.74) is 1.82. The molecule has 0 atom stereocenters. The average Bonchev–Trinajstić information content (AvgIpc) is 2.77. The fourth-order valence-corrected chi connectivity index (χ4v) is 5.82. The van der Waals surface area contributed by atoms with Crippen LogP contribution in [0.2, 0.25) is 0 Å². The van der Waals surface area contributed by atoms with Gasteiger partial charge in [0.1, 0.15) is 5.75 Å². The topological polar surface area (TPSA) is 49.9 Å². The first-order valence-electron chi connectivity index (χ1n) is 10.7. The van der Waals surface area contributed by atoms with Crippen LogP contribution in [0.5, 0.6) is 5.75 Å². The second kappa shape index (κ2) is 10.5. The molecular formula is C23H31ClN2O3S. The Morgan fingerprint density at radius 2 is 1.67 bits per heavy atom. The number of likely N-dealkylation sites (tertiary alicyclic amines) is 1. The zero-order chi connectivity index (χ0) is 20.1. The van der Waals surface area contributed by atoms with Gasteiger partial charge in [0.15, 0.2) is 0 Å². The summed E-state index contributed by atoms with van der Waals surface area (Å²) < 4.78 is 33.7. The Kier molecular flexibility index (Phi) is 8.03. The van der Waals surface area contributed by atoms with Gasteiger partial charge in [-0.25, -0.2) is 8.42 Å². The summed E-state index contributed by atoms with van der Waals surface area (Å²) in [6.45, 7) is 4.73. The third-order valence-electron chi connectivity index (χ3n) is 5.79. The molecule has 2 aliphatic rings. The van der Waals surface area contributed by atoms with Crippen LogP contribution in [-0.4, -0.2) is 46.1 Å². The number of hydrogen-bond acceptors (Lipinski definition) is 4. The SMILES string of the molecule is Cl.O=S(=O)(c1ccccc1)N1CCCc2cc(OCCCN3CCCCC3)ccc21. The van der Waals surface area contributed by atoms with Crippen molar-refractivity contribution in [2.45, 2.75) is 43.4 Å². The Balaban J connectivity index is 0.00000256. The van der Waals surface area contributed by atoms with Gasteiger partial charge in [-0.05, 0) is 81.1 Å². The molecule has 1 saturated heterocycles. The molecule has 0 amide bonds. The van der Waals surface area contributed by atoms with Gasteiger partial charge in [0.2, 0.25) is 0 Å². The number of nitrogens with zero attached hydrogens (tertiary/aromatic N) is 2. The highest BCUT2D eigenvalue weighted by atomic mass is 35.5. The Bertz CT molecular complexity index is 915. The van der Waals surface area contributed by atoms with Gasteiger partial charge < -0.3 is 9.64 Å². The molecular weight excluding hydrogens is 420 g/mol. The number of fused-ring (bicyclic) bond motifs is 1. The first-order chi connectivity index (χ1) is 14.1. The lowest BCUT2D eigenvalue weighted by atomic mass is 10.0. The van der Waals surface area contributed by atoms with E-state index in [0.717, 1.165) is 42.8 Å². The second-order valence-electron chi connectivity index (χ2n) is 7.89. The van der Waals surface area contributed by atoms with Crippen molar-refractivity contribution in [1.29, 1.82) is 0 Å². The molecule has 164 valence electrons. The lowest BCUT2D eigenvalue weighted by molar-refractivity contribution is 0.205. The number of rotatable bonds is 7. The van der Waals surface area contributed by atoms with Crippen LogP contribution in [0, 0.1) is 0 Å². The van der Waals surface area contributed by atoms with Crippen molar-refractivity contribution in [1.82, 2.24) is 4.90 Å². The molecule has 5 nitrogen and oxygen atoms in total. The molecule has 0 N–H and O–H groups in total. The molecule has 4 rings (SSSR count). The van der Waals surface area contributed by atoms with Crippen molar-refractivity contribution in [2.24, 2.45) is 0 Å². The Morgan fingerprint density at radius 3 is 2.43 bits per heavy atom. The van der Waals surface area contributed by atoms with Gasteiger partial charge in [0.25, 0.3) is 10.0 Å². The van der Waals surface area contributed by atoms with E-state index in [0.29, 0.717) is 18.0 Å². The summed E-state index contributed by atoms with van der Waals surface area (Å²) in [4.78, 5) is 2.86. The molecule has 0 aliphatic carbocycles. The summed E-state index contributed by atoms with van der Waals surface area (Å²) in [6, 6.07) is 14.5. The smallest absolute Gasteiger partial charge is 0.264 e. The fraction of sp³-hybridized carbons (Fsp3) is 0.478. The highest BCUT2D eigenvalue weighted by molar-refractivity contribution is 7.92. The van der Waals surface area contributed by atoms with Crippen LogP contribution in [0.1, 0.15) is 37.7 Å². The molecule has 1 fully saturated rings. The van der Waals surface area contributed by atoms with Crippen molar-refractivity contribution in [3.05, 3.63) is 54.1 Å². The molecule has 7 heteroatoms. The third kappa shape index (κ3) is 5.29. The lowest BCUT2D eigenvalue weighted by Gasteiger charge is -2.30. The van der Waals surface area contributed by atoms with E-state index in [1.165, 1.54) is 32.4 Å². The zero-order valence-corrected chi connectivity index (χ0v) is 19.0. The molecule has 0 radical (unpaired) electrons. The van der Waals surface area contributed by atoms with Gasteiger partial charge in [-0.15, -0.1) is 12.4 Å². The number of halogens is 1. The van der Waals surface area contributed by atoms with Gasteiger partial charge in [0, 0.05) is 13.1 Å². The monoisotopic (exact) mass is 450 g/mol. The molecule has 0 saturated carbocycles. The average molecular weight is 451 g/mol. The van der Waals surface area contributed by atoms with Crippen molar-refractivity contribution in [3.8, 4) is 5.75 Å². The summed E-state index contributed by atoms with van der Waals surface area (Å²) in [6.07, 6.45) is 6.70. The van der Waals surface area contributed by atoms with Gasteiger partial charge in [-0.1, -0.05) is 24.6 Å². The highest BCUT2D eigenvalue weighted by Crippen LogP contribution is 2.34. The minimum absolute atomic E-state index is 0. The summed E-state index contributed by atoms with van der Waals surface area (Å²) in [5, 5.41) is 0. The number of benzene rings is 2. The number of piperidine rings is 1. The Morgan fingerprint density at radius 1 is 0.900 bits per heavy atom. The number of aryl methyl sites for hydroxylation is 1. The number of ether oxygens (including phenoxy) is 1. The van der Waals surface area contributed by atoms with Crippen molar-refractivity contribution >= 4 is 28.1 Å². The van der Waals surface area contributed by atoms with Crippen LogP contribution in [0.4, 0.5) is 5.69 Å². The lowest BCUT2D eigenvalue weighted by Crippen LogP contribution is -2.35. The highest BCUT2D eigenvalue weighted by Gasteiger charge is 2.29. The minimum Gasteiger partial charge on any atom is -0.494 e. The molecule has 2 aliphatic heterocycles. The van der Waals surface area contributed by atoms with Gasteiger partial charge >= 0.3 is 0 Å². The normalized spacial score (nSPS) is 17.1. The minimum atomic E-state index is -3.53. The summed E-state index contributed by atoms with van der Waals surface area (Å²) in [5.74, 6) is 0.835. The molecule has 0 bridgehead atoms. The number of sulfonamides is 1. The van der Waals surface area contributed by atoms with Crippen molar-refractivity contribution in [3.63, 3.8) is 0 Å². The van der Waals surface area contributed by atoms with Crippen molar-refractivity contribution in [2.75, 3.05) is 37.1 Å². The number of hydrogen-bond donors (Lipinski definition) is 0. The molecule has 0 aromatic heterocycles. The molecule has 0 spiro atoms. The maximum absolute atomic E-state index is 13.1. The van der Waals surface area contributed by atoms with Crippen LogP contribution in [-0.2, 0) is 16.4 Å². The van der Waals surface area contributed by atoms with E-state index < -0.39 is 10.0 Å². The van der Waals surface area contributed by atoms with Crippen LogP contribution in [0.15, 0.2) is 53.4 Å². The van der Waals surface area contributed by atoms with E-state index in [9.17, 15) is 8.42 Å². The predicted molar refractivity (Wildman–Crippen MR) is 123 cm³/mol. The first kappa shape index (κ1) is 22.9. The maximum Gasteiger partial charge on any atom is 0.264 e. The van der Waals surface area contributed by atoms with Gasteiger partial charge in [0.05, 0.1) is 17.2 Å². The predicted octanol–water partition coefficient (Wildman–Crippen LogP) is 4.50. The van der Waals surface area contributed by atoms with Crippen LogP contribution >= 0.6 is 12.4 Å². The molecule has 2 aromatic carbocycles. The molecule has 0 unspecified atom stereocenters. The van der Waals surface area contributed by atoms with E-state index >= 15 is 0 Å². The third-order valence-corrected chi connectivity index (χ3v) is 7.62. The quantitative estimate of drug-likeness (QED) is 0.582. The fourth-order valence-electron chi connectivity index (χ4n) is 4.26. The van der Waals surface area contributed by atoms with E-state index in [1.807, 2.05) is 24.3 Å². The largest absolute Gasteiger partial charge is 0.494 e. The molecule has 2 heterocycles. The zero-order valence-electron chi connectivity index (χ0n) is 17.3. The first-order valence-corrected chi connectivity index (χ1v) is 12.1. The van der Waals surface area contributed by atoms with Crippen LogP contribution in [0.3, 0.4) is 0 Å². The van der Waals surface area contributed by atoms with Gasteiger partial charge in [-0.3, -0.25) is 4.31 Å². The summed E-state index contributed by atoms with van der Waals surface area (Å²) >= 11 is 0. The molecule has 2 aromatic rings. The van der Waals surface area contributed by atoms with E-state index in [4.69, 9.17) is 4.74 Å². The Labute approximate surface area is 186 Å². The number of anilines is 1. The van der Waals surface area contributed by atoms with E-state index in [1.54, 1.807) is 28.6 Å². The standard InChI is InChI=1S/C23H30N2O3S.ClH/c26-29(27,22-10-3-1-4-11-22)25-17-7-9-20-19-21(12-13-23(20)25)28-18-8-16-24-14-5-2-6-15-24;/h1,3-4,10-13,19H,2,5-9,14-18H2;1H. The van der Waals surface area contributed by atoms with Crippen LogP contribution in [0.25, 0.3) is 0 Å². The van der Waals surface area contributed by atoms with Gasteiger partial charge in [-0.2, -0.15) is 0 Å². The van der Waals surface area contributed by atoms with Crippen molar-refractivity contribution < 1.29 is 13.2 Å². The van der Waals surface area contributed by atoms with E-state index in [2.05, 4.69) is 4.90 Å². The van der Waals surface area contributed by atoms with E-state index in [-0.39, 0.29) is 12.4 Å².